The van der Waals surface area contributed by atoms with Gasteiger partial charge >= 0.3 is 0 Å². The van der Waals surface area contributed by atoms with E-state index in [2.05, 4.69) is 15.0 Å². The Morgan fingerprint density at radius 1 is 1.24 bits per heavy atom. The second kappa shape index (κ2) is 5.27. The molecule has 3 heterocycles. The van der Waals surface area contributed by atoms with Crippen molar-refractivity contribution in [3.8, 4) is 0 Å². The lowest BCUT2D eigenvalue weighted by atomic mass is 10.2. The van der Waals surface area contributed by atoms with Gasteiger partial charge in [0.05, 0.1) is 23.6 Å². The predicted molar refractivity (Wildman–Crippen MR) is 77.7 cm³/mol. The van der Waals surface area contributed by atoms with Crippen molar-refractivity contribution < 1.29 is 4.79 Å². The van der Waals surface area contributed by atoms with E-state index in [1.807, 2.05) is 36.6 Å². The molecular formula is C15H19N5O. The molecule has 110 valence electrons. The number of aryl methyl sites for hydroxylation is 3. The SMILES string of the molecule is Cc1cnc(C(=O)N2CCCC2c2nc(C)cn2C)cn1. The van der Waals surface area contributed by atoms with Crippen molar-refractivity contribution in [2.24, 2.45) is 7.05 Å². The third-order valence-electron chi connectivity index (χ3n) is 3.84. The highest BCUT2D eigenvalue weighted by atomic mass is 16.2. The Labute approximate surface area is 123 Å². The van der Waals surface area contributed by atoms with E-state index in [0.717, 1.165) is 36.6 Å². The van der Waals surface area contributed by atoms with Crippen molar-refractivity contribution in [3.05, 3.63) is 41.5 Å². The molecular weight excluding hydrogens is 266 g/mol. The van der Waals surface area contributed by atoms with E-state index in [4.69, 9.17) is 0 Å². The third-order valence-corrected chi connectivity index (χ3v) is 3.84. The first-order valence-corrected chi connectivity index (χ1v) is 7.15. The maximum atomic E-state index is 12.6. The van der Waals surface area contributed by atoms with E-state index in [1.54, 1.807) is 12.4 Å². The number of rotatable bonds is 2. The van der Waals surface area contributed by atoms with Crippen LogP contribution in [-0.4, -0.2) is 36.9 Å². The van der Waals surface area contributed by atoms with Gasteiger partial charge in [0.25, 0.3) is 5.91 Å². The van der Waals surface area contributed by atoms with Crippen LogP contribution in [0.5, 0.6) is 0 Å². The summed E-state index contributed by atoms with van der Waals surface area (Å²) in [6.07, 6.45) is 7.10. The number of carbonyl (C=O) groups excluding carboxylic acids is 1. The zero-order valence-electron chi connectivity index (χ0n) is 12.6. The zero-order chi connectivity index (χ0) is 15.0. The monoisotopic (exact) mass is 285 g/mol. The molecule has 0 saturated carbocycles. The molecule has 1 fully saturated rings. The number of hydrogen-bond donors (Lipinski definition) is 0. The predicted octanol–water partition coefficient (Wildman–Crippen LogP) is 1.80. The lowest BCUT2D eigenvalue weighted by Gasteiger charge is -2.23. The molecule has 1 saturated heterocycles. The van der Waals surface area contributed by atoms with Crippen LogP contribution in [0.4, 0.5) is 0 Å². The van der Waals surface area contributed by atoms with Crippen molar-refractivity contribution >= 4 is 5.91 Å². The smallest absolute Gasteiger partial charge is 0.274 e. The fourth-order valence-corrected chi connectivity index (χ4v) is 2.87. The van der Waals surface area contributed by atoms with Gasteiger partial charge in [-0.3, -0.25) is 9.78 Å². The molecule has 1 aliphatic rings. The van der Waals surface area contributed by atoms with Crippen LogP contribution in [0, 0.1) is 13.8 Å². The molecule has 21 heavy (non-hydrogen) atoms. The number of likely N-dealkylation sites (tertiary alicyclic amines) is 1. The third kappa shape index (κ3) is 2.53. The number of amides is 1. The molecule has 1 aliphatic heterocycles. The average molecular weight is 285 g/mol. The zero-order valence-corrected chi connectivity index (χ0v) is 12.6. The molecule has 1 unspecified atom stereocenters. The summed E-state index contributed by atoms with van der Waals surface area (Å²) in [5.41, 5.74) is 2.18. The van der Waals surface area contributed by atoms with Crippen LogP contribution in [0.25, 0.3) is 0 Å². The van der Waals surface area contributed by atoms with Gasteiger partial charge in [0.1, 0.15) is 11.5 Å². The topological polar surface area (TPSA) is 63.9 Å². The molecule has 0 aromatic carbocycles. The molecule has 0 radical (unpaired) electrons. The molecule has 3 rings (SSSR count). The lowest BCUT2D eigenvalue weighted by molar-refractivity contribution is 0.0721. The van der Waals surface area contributed by atoms with Crippen LogP contribution >= 0.6 is 0 Å². The van der Waals surface area contributed by atoms with Gasteiger partial charge in [-0.1, -0.05) is 0 Å². The molecule has 2 aromatic rings. The first kappa shape index (κ1) is 13.7. The summed E-state index contributed by atoms with van der Waals surface area (Å²) in [6, 6.07) is 0.0271. The van der Waals surface area contributed by atoms with Crippen molar-refractivity contribution in [1.29, 1.82) is 0 Å². The van der Waals surface area contributed by atoms with Crippen molar-refractivity contribution in [1.82, 2.24) is 24.4 Å². The lowest BCUT2D eigenvalue weighted by Crippen LogP contribution is -2.32. The molecule has 0 spiro atoms. The Balaban J connectivity index is 1.88. The van der Waals surface area contributed by atoms with Crippen molar-refractivity contribution in [2.75, 3.05) is 6.54 Å². The highest BCUT2D eigenvalue weighted by Crippen LogP contribution is 2.32. The second-order valence-corrected chi connectivity index (χ2v) is 5.55. The van der Waals surface area contributed by atoms with Gasteiger partial charge < -0.3 is 9.47 Å². The van der Waals surface area contributed by atoms with Gasteiger partial charge in [-0.05, 0) is 26.7 Å². The molecule has 0 aliphatic carbocycles. The van der Waals surface area contributed by atoms with E-state index < -0.39 is 0 Å². The first-order valence-electron chi connectivity index (χ1n) is 7.15. The van der Waals surface area contributed by atoms with Crippen LogP contribution in [0.2, 0.25) is 0 Å². The minimum Gasteiger partial charge on any atom is -0.336 e. The van der Waals surface area contributed by atoms with Gasteiger partial charge in [-0.2, -0.15) is 0 Å². The summed E-state index contributed by atoms with van der Waals surface area (Å²) in [5, 5.41) is 0. The largest absolute Gasteiger partial charge is 0.336 e. The van der Waals surface area contributed by atoms with Gasteiger partial charge in [0, 0.05) is 26.0 Å². The number of nitrogens with zero attached hydrogens (tertiary/aromatic N) is 5. The molecule has 6 heteroatoms. The van der Waals surface area contributed by atoms with Crippen molar-refractivity contribution in [2.45, 2.75) is 32.7 Å². The van der Waals surface area contributed by atoms with E-state index in [-0.39, 0.29) is 11.9 Å². The Morgan fingerprint density at radius 3 is 2.67 bits per heavy atom. The van der Waals surface area contributed by atoms with E-state index >= 15 is 0 Å². The molecule has 0 bridgehead atoms. The van der Waals surface area contributed by atoms with Crippen LogP contribution in [0.3, 0.4) is 0 Å². The Bertz CT molecular complexity index is 661. The fourth-order valence-electron chi connectivity index (χ4n) is 2.87. The summed E-state index contributed by atoms with van der Waals surface area (Å²) in [5.74, 6) is 0.879. The molecule has 1 amide bonds. The average Bonchev–Trinajstić information content (AvgIpc) is 3.05. The highest BCUT2D eigenvalue weighted by molar-refractivity contribution is 5.92. The van der Waals surface area contributed by atoms with Gasteiger partial charge in [-0.15, -0.1) is 0 Å². The van der Waals surface area contributed by atoms with E-state index in [1.165, 1.54) is 0 Å². The Morgan fingerprint density at radius 2 is 2.05 bits per heavy atom. The Hall–Kier alpha value is -2.24. The van der Waals surface area contributed by atoms with E-state index in [0.29, 0.717) is 5.69 Å². The van der Waals surface area contributed by atoms with Crippen molar-refractivity contribution in [3.63, 3.8) is 0 Å². The van der Waals surface area contributed by atoms with Gasteiger partial charge in [0.2, 0.25) is 0 Å². The number of aromatic nitrogens is 4. The van der Waals surface area contributed by atoms with Crippen LogP contribution in [0.15, 0.2) is 18.6 Å². The fraction of sp³-hybridized carbons (Fsp3) is 0.467. The summed E-state index contributed by atoms with van der Waals surface area (Å²) < 4.78 is 2.01. The second-order valence-electron chi connectivity index (χ2n) is 5.55. The van der Waals surface area contributed by atoms with Crippen LogP contribution in [0.1, 0.15) is 46.6 Å². The van der Waals surface area contributed by atoms with Crippen LogP contribution < -0.4 is 0 Å². The summed E-state index contributed by atoms with van der Waals surface area (Å²) in [7, 11) is 1.97. The molecule has 2 aromatic heterocycles. The number of imidazole rings is 1. The standard InChI is InChI=1S/C15H19N5O/c1-10-7-17-12(8-16-10)15(21)20-6-4-5-13(20)14-18-11(2)9-19(14)3/h7-9,13H,4-6H2,1-3H3. The summed E-state index contributed by atoms with van der Waals surface area (Å²) >= 11 is 0. The van der Waals surface area contributed by atoms with Gasteiger partial charge in [-0.25, -0.2) is 9.97 Å². The van der Waals surface area contributed by atoms with E-state index in [9.17, 15) is 4.79 Å². The minimum absolute atomic E-state index is 0.0271. The molecule has 6 nitrogen and oxygen atoms in total. The molecule has 1 atom stereocenters. The van der Waals surface area contributed by atoms with Gasteiger partial charge in [0.15, 0.2) is 0 Å². The Kier molecular flexibility index (Phi) is 3.45. The maximum absolute atomic E-state index is 12.6. The maximum Gasteiger partial charge on any atom is 0.274 e. The summed E-state index contributed by atoms with van der Waals surface area (Å²) in [4.78, 5) is 27.4. The first-order chi connectivity index (χ1) is 10.1. The normalized spacial score (nSPS) is 18.2. The highest BCUT2D eigenvalue weighted by Gasteiger charge is 2.33. The summed E-state index contributed by atoms with van der Waals surface area (Å²) in [6.45, 7) is 4.57. The minimum atomic E-state index is -0.0642. The number of hydrogen-bond acceptors (Lipinski definition) is 4. The van der Waals surface area contributed by atoms with Crippen LogP contribution in [-0.2, 0) is 7.05 Å². The molecule has 0 N–H and O–H groups in total. The number of carbonyl (C=O) groups is 1. The quantitative estimate of drug-likeness (QED) is 0.844.